The number of carbonyl (C=O) groups is 2. The number of hydrogen-bond acceptors (Lipinski definition) is 7. The number of carboxylic acids is 1. The molecule has 0 fully saturated rings. The van der Waals surface area contributed by atoms with E-state index < -0.39 is 44.7 Å². The Bertz CT molecular complexity index is 1340. The molecule has 174 valence electrons. The summed E-state index contributed by atoms with van der Waals surface area (Å²) in [7, 11) is -3.52. The first-order valence-corrected chi connectivity index (χ1v) is 12.0. The Morgan fingerprint density at radius 3 is 2.30 bits per heavy atom. The van der Waals surface area contributed by atoms with Crippen LogP contribution in [-0.4, -0.2) is 36.6 Å². The van der Waals surface area contributed by atoms with Gasteiger partial charge >= 0.3 is 5.97 Å². The molecule has 1 aromatic heterocycles. The molecular weight excluding hydrogens is 478 g/mol. The number of rotatable bonds is 7. The lowest BCUT2D eigenvalue weighted by Crippen LogP contribution is -2.43. The fourth-order valence-electron chi connectivity index (χ4n) is 2.90. The zero-order valence-electron chi connectivity index (χ0n) is 17.5. The minimum absolute atomic E-state index is 0.0105. The van der Waals surface area contributed by atoms with Crippen molar-refractivity contribution in [2.45, 2.75) is 24.3 Å². The van der Waals surface area contributed by atoms with Gasteiger partial charge in [-0.3, -0.25) is 10.1 Å². The number of anilines is 1. The van der Waals surface area contributed by atoms with Crippen LogP contribution in [0.5, 0.6) is 5.75 Å². The van der Waals surface area contributed by atoms with Crippen molar-refractivity contribution in [3.8, 4) is 5.75 Å². The van der Waals surface area contributed by atoms with Crippen molar-refractivity contribution in [1.82, 2.24) is 4.98 Å². The van der Waals surface area contributed by atoms with Crippen LogP contribution in [-0.2, 0) is 20.2 Å². The summed E-state index contributed by atoms with van der Waals surface area (Å²) in [6.07, 6.45) is 1.02. The van der Waals surface area contributed by atoms with E-state index in [0.717, 1.165) is 29.7 Å². The van der Waals surface area contributed by atoms with Gasteiger partial charge in [0.1, 0.15) is 10.7 Å². The fourth-order valence-corrected chi connectivity index (χ4v) is 4.33. The quantitative estimate of drug-likeness (QED) is 0.511. The molecule has 1 unspecified atom stereocenters. The molecule has 2 aromatic carbocycles. The predicted octanol–water partition coefficient (Wildman–Crippen LogP) is 3.76. The highest BCUT2D eigenvalue weighted by Crippen LogP contribution is 2.33. The average molecular weight is 497 g/mol. The first-order chi connectivity index (χ1) is 15.3. The van der Waals surface area contributed by atoms with Crippen molar-refractivity contribution in [3.63, 3.8) is 0 Å². The summed E-state index contributed by atoms with van der Waals surface area (Å²) in [5.41, 5.74) is -1.59. The number of thiazole rings is 1. The van der Waals surface area contributed by atoms with Gasteiger partial charge in [-0.1, -0.05) is 23.5 Å². The van der Waals surface area contributed by atoms with E-state index in [1.165, 1.54) is 38.1 Å². The number of carbonyl (C=O) groups excluding carboxylic acids is 1. The lowest BCUT2D eigenvalue weighted by atomic mass is 9.94. The maximum absolute atomic E-state index is 14.3. The van der Waals surface area contributed by atoms with Crippen LogP contribution >= 0.6 is 11.3 Å². The summed E-state index contributed by atoms with van der Waals surface area (Å²) >= 11 is 0.723. The van der Waals surface area contributed by atoms with Gasteiger partial charge in [0.25, 0.3) is 5.91 Å². The topological polar surface area (TPSA) is 123 Å². The average Bonchev–Trinajstić information content (AvgIpc) is 3.09. The van der Waals surface area contributed by atoms with Crippen LogP contribution in [0.25, 0.3) is 0 Å². The maximum atomic E-state index is 14.3. The van der Waals surface area contributed by atoms with Gasteiger partial charge in [-0.15, -0.1) is 0 Å². The smallest absolute Gasteiger partial charge is 0.347 e. The molecule has 0 aliphatic rings. The van der Waals surface area contributed by atoms with Crippen molar-refractivity contribution < 1.29 is 36.6 Å². The summed E-state index contributed by atoms with van der Waals surface area (Å²) in [4.78, 5) is 28.5. The highest BCUT2D eigenvalue weighted by atomic mass is 32.2. The Kier molecular flexibility index (Phi) is 6.52. The molecule has 3 rings (SSSR count). The van der Waals surface area contributed by atoms with Crippen molar-refractivity contribution in [2.75, 3.05) is 11.6 Å². The molecule has 0 aliphatic heterocycles. The van der Waals surface area contributed by atoms with Crippen molar-refractivity contribution in [2.24, 2.45) is 0 Å². The zero-order chi connectivity index (χ0) is 24.6. The third kappa shape index (κ3) is 5.17. The minimum atomic E-state index is -3.52. The number of ether oxygens (including phenoxy) is 1. The van der Waals surface area contributed by atoms with E-state index in [9.17, 15) is 31.9 Å². The van der Waals surface area contributed by atoms with Gasteiger partial charge in [0.15, 0.2) is 26.5 Å². The van der Waals surface area contributed by atoms with Crippen molar-refractivity contribution >= 4 is 38.2 Å². The van der Waals surface area contributed by atoms with E-state index >= 15 is 0 Å². The first kappa shape index (κ1) is 24.3. The lowest BCUT2D eigenvalue weighted by molar-refractivity contribution is -0.130. The zero-order valence-corrected chi connectivity index (χ0v) is 19.2. The summed E-state index contributed by atoms with van der Waals surface area (Å²) in [6, 6.07) is 7.72. The van der Waals surface area contributed by atoms with Crippen LogP contribution in [0.15, 0.2) is 47.4 Å². The highest BCUT2D eigenvalue weighted by Gasteiger charge is 2.39. The molecule has 0 aliphatic carbocycles. The lowest BCUT2D eigenvalue weighted by Gasteiger charge is -2.30. The molecular formula is C21H18F2N2O6S2. The first-order valence-electron chi connectivity index (χ1n) is 9.28. The van der Waals surface area contributed by atoms with Gasteiger partial charge in [-0.2, -0.15) is 0 Å². The number of sulfone groups is 1. The molecule has 1 atom stereocenters. The van der Waals surface area contributed by atoms with E-state index in [2.05, 4.69) is 10.3 Å². The van der Waals surface area contributed by atoms with Crippen LogP contribution in [0.4, 0.5) is 13.9 Å². The van der Waals surface area contributed by atoms with Crippen molar-refractivity contribution in [1.29, 1.82) is 0 Å². The second-order valence-electron chi connectivity index (χ2n) is 7.20. The Labute approximate surface area is 191 Å². The minimum Gasteiger partial charge on any atom is -0.477 e. The second kappa shape index (κ2) is 8.87. The van der Waals surface area contributed by atoms with E-state index in [-0.39, 0.29) is 26.2 Å². The van der Waals surface area contributed by atoms with Gasteiger partial charge in [0, 0.05) is 17.9 Å². The number of amides is 1. The number of carboxylic acid groups (broad SMARTS) is 1. The standard InChI is InChI=1S/C21H18F2N2O6S2/c1-11-17(18(26)27)32-20(24-11)25-19(28)21(2,31-16-9-6-13(22)10-15(16)23)12-4-7-14(8-5-12)33(3,29)30/h4-10H,1-3H3,(H,26,27)(H,24,25,28). The molecule has 0 saturated carbocycles. The van der Waals surface area contributed by atoms with Crippen LogP contribution in [0.2, 0.25) is 0 Å². The number of aryl methyl sites for hydroxylation is 1. The third-order valence-electron chi connectivity index (χ3n) is 4.69. The number of aromatic carboxylic acids is 1. The molecule has 12 heteroatoms. The SMILES string of the molecule is Cc1nc(NC(=O)C(C)(Oc2ccc(F)cc2F)c2ccc(S(C)(=O)=O)cc2)sc1C(=O)O. The molecule has 2 N–H and O–H groups in total. The summed E-state index contributed by atoms with van der Waals surface area (Å²) in [6.45, 7) is 2.77. The van der Waals surface area contributed by atoms with E-state index in [1.807, 2.05) is 0 Å². The summed E-state index contributed by atoms with van der Waals surface area (Å²) in [5, 5.41) is 11.6. The molecule has 1 amide bonds. The van der Waals surface area contributed by atoms with Crippen LogP contribution in [0, 0.1) is 18.6 Å². The van der Waals surface area contributed by atoms with Gasteiger partial charge in [-0.25, -0.2) is 27.0 Å². The van der Waals surface area contributed by atoms with E-state index in [4.69, 9.17) is 4.74 Å². The molecule has 33 heavy (non-hydrogen) atoms. The molecule has 8 nitrogen and oxygen atoms in total. The van der Waals surface area contributed by atoms with Crippen LogP contribution in [0.1, 0.15) is 27.9 Å². The van der Waals surface area contributed by atoms with Gasteiger partial charge in [0.2, 0.25) is 5.60 Å². The van der Waals surface area contributed by atoms with E-state index in [1.54, 1.807) is 0 Å². The molecule has 3 aromatic rings. The summed E-state index contributed by atoms with van der Waals surface area (Å²) < 4.78 is 56.9. The second-order valence-corrected chi connectivity index (χ2v) is 10.2. The highest BCUT2D eigenvalue weighted by molar-refractivity contribution is 7.90. The van der Waals surface area contributed by atoms with E-state index in [0.29, 0.717) is 6.07 Å². The molecule has 0 radical (unpaired) electrons. The largest absolute Gasteiger partial charge is 0.477 e. The molecule has 0 saturated heterocycles. The van der Waals surface area contributed by atoms with Gasteiger partial charge in [-0.05, 0) is 38.1 Å². The normalized spacial score (nSPS) is 13.2. The number of hydrogen-bond donors (Lipinski definition) is 2. The number of nitrogens with zero attached hydrogens (tertiary/aromatic N) is 1. The molecule has 1 heterocycles. The Morgan fingerprint density at radius 2 is 1.79 bits per heavy atom. The summed E-state index contributed by atoms with van der Waals surface area (Å²) in [5.74, 6) is -4.39. The number of aromatic nitrogens is 1. The Balaban J connectivity index is 2.04. The van der Waals surface area contributed by atoms with Crippen LogP contribution < -0.4 is 10.1 Å². The molecule has 0 bridgehead atoms. The van der Waals surface area contributed by atoms with Gasteiger partial charge < -0.3 is 9.84 Å². The fraction of sp³-hybridized carbons (Fsp3) is 0.190. The predicted molar refractivity (Wildman–Crippen MR) is 116 cm³/mol. The monoisotopic (exact) mass is 496 g/mol. The van der Waals surface area contributed by atoms with Gasteiger partial charge in [0.05, 0.1) is 10.6 Å². The Morgan fingerprint density at radius 1 is 1.15 bits per heavy atom. The van der Waals surface area contributed by atoms with Crippen molar-refractivity contribution in [3.05, 3.63) is 70.2 Å². The number of benzene rings is 2. The third-order valence-corrected chi connectivity index (χ3v) is 6.88. The maximum Gasteiger partial charge on any atom is 0.347 e. The Hall–Kier alpha value is -3.38. The van der Waals surface area contributed by atoms with Crippen LogP contribution in [0.3, 0.4) is 0 Å². The number of nitrogens with one attached hydrogen (secondary N) is 1. The number of halogens is 2. The molecule has 0 spiro atoms.